The van der Waals surface area contributed by atoms with Crippen molar-refractivity contribution >= 4 is 17.5 Å². The minimum atomic E-state index is -0.506. The Morgan fingerprint density at radius 1 is 1.07 bits per heavy atom. The summed E-state index contributed by atoms with van der Waals surface area (Å²) < 4.78 is 1.30. The lowest BCUT2D eigenvalue weighted by Crippen LogP contribution is -2.33. The van der Waals surface area contributed by atoms with Crippen LogP contribution in [0.3, 0.4) is 0 Å². The molecule has 1 saturated heterocycles. The third-order valence-corrected chi connectivity index (χ3v) is 4.83. The zero-order valence-corrected chi connectivity index (χ0v) is 15.8. The SMILES string of the molecule is Cn1cc(C(=O)N2CCCCCC2)cc(NC(=O)c2cccc(C#N)c2)c1=O. The predicted molar refractivity (Wildman–Crippen MR) is 105 cm³/mol. The van der Waals surface area contributed by atoms with Gasteiger partial charge >= 0.3 is 0 Å². The maximum absolute atomic E-state index is 12.9. The smallest absolute Gasteiger partial charge is 0.274 e. The van der Waals surface area contributed by atoms with Crippen molar-refractivity contribution in [3.63, 3.8) is 0 Å². The van der Waals surface area contributed by atoms with Gasteiger partial charge in [0, 0.05) is 31.9 Å². The van der Waals surface area contributed by atoms with Crippen molar-refractivity contribution in [2.45, 2.75) is 25.7 Å². The highest BCUT2D eigenvalue weighted by Crippen LogP contribution is 2.15. The molecule has 1 N–H and O–H groups in total. The van der Waals surface area contributed by atoms with Crippen LogP contribution in [0, 0.1) is 11.3 Å². The quantitative estimate of drug-likeness (QED) is 0.888. The van der Waals surface area contributed by atoms with Gasteiger partial charge in [0.1, 0.15) is 5.69 Å². The van der Waals surface area contributed by atoms with Gasteiger partial charge in [-0.3, -0.25) is 14.4 Å². The number of aromatic nitrogens is 1. The summed E-state index contributed by atoms with van der Waals surface area (Å²) in [7, 11) is 1.55. The van der Waals surface area contributed by atoms with Crippen LogP contribution in [-0.4, -0.2) is 34.4 Å². The Kier molecular flexibility index (Phi) is 5.90. The summed E-state index contributed by atoms with van der Waals surface area (Å²) in [6.45, 7) is 1.40. The molecule has 1 aliphatic rings. The predicted octanol–water partition coefficient (Wildman–Crippen LogP) is 2.53. The van der Waals surface area contributed by atoms with Crippen LogP contribution >= 0.6 is 0 Å². The molecule has 0 spiro atoms. The van der Waals surface area contributed by atoms with Crippen molar-refractivity contribution in [1.82, 2.24) is 9.47 Å². The van der Waals surface area contributed by atoms with Gasteiger partial charge in [-0.15, -0.1) is 0 Å². The van der Waals surface area contributed by atoms with E-state index in [1.54, 1.807) is 30.1 Å². The van der Waals surface area contributed by atoms with E-state index in [0.29, 0.717) is 24.2 Å². The molecule has 1 aromatic heterocycles. The molecule has 0 atom stereocenters. The number of amides is 2. The van der Waals surface area contributed by atoms with Crippen LogP contribution in [0.1, 0.15) is 52.0 Å². The lowest BCUT2D eigenvalue weighted by Gasteiger charge is -2.21. The molecule has 2 aromatic rings. The standard InChI is InChI=1S/C21H22N4O3/c1-24-14-17(20(27)25-9-4-2-3-5-10-25)12-18(21(24)28)23-19(26)16-8-6-7-15(11-16)13-22/h6-8,11-12,14H,2-5,9-10H2,1H3,(H,23,26). The van der Waals surface area contributed by atoms with Crippen molar-refractivity contribution in [3.05, 3.63) is 63.6 Å². The van der Waals surface area contributed by atoms with Gasteiger partial charge in [0.15, 0.2) is 0 Å². The minimum Gasteiger partial charge on any atom is -0.339 e. The molecule has 2 heterocycles. The number of carbonyl (C=O) groups excluding carboxylic acids is 2. The zero-order valence-electron chi connectivity index (χ0n) is 15.8. The molecule has 7 heteroatoms. The van der Waals surface area contributed by atoms with Gasteiger partial charge in [-0.25, -0.2) is 0 Å². The van der Waals surface area contributed by atoms with Crippen LogP contribution in [0.4, 0.5) is 5.69 Å². The van der Waals surface area contributed by atoms with E-state index in [1.165, 1.54) is 22.9 Å². The van der Waals surface area contributed by atoms with Crippen LogP contribution in [0.25, 0.3) is 0 Å². The molecule has 0 saturated carbocycles. The number of hydrogen-bond donors (Lipinski definition) is 1. The average molecular weight is 378 g/mol. The van der Waals surface area contributed by atoms with Crippen LogP contribution in [-0.2, 0) is 7.05 Å². The number of nitriles is 1. The number of anilines is 1. The number of pyridine rings is 1. The first-order valence-electron chi connectivity index (χ1n) is 9.31. The average Bonchev–Trinajstić information content (AvgIpc) is 3.00. The Bertz CT molecular complexity index is 995. The van der Waals surface area contributed by atoms with E-state index in [2.05, 4.69) is 5.32 Å². The third kappa shape index (κ3) is 4.29. The highest BCUT2D eigenvalue weighted by molar-refractivity contribution is 6.05. The molecule has 0 unspecified atom stereocenters. The first kappa shape index (κ1) is 19.4. The monoisotopic (exact) mass is 378 g/mol. The number of nitrogens with zero attached hydrogens (tertiary/aromatic N) is 3. The van der Waals surface area contributed by atoms with Crippen LogP contribution in [0.5, 0.6) is 0 Å². The molecule has 1 aromatic carbocycles. The van der Waals surface area contributed by atoms with E-state index in [9.17, 15) is 14.4 Å². The fourth-order valence-electron chi connectivity index (χ4n) is 3.30. The van der Waals surface area contributed by atoms with Gasteiger partial charge in [0.05, 0.1) is 17.2 Å². The van der Waals surface area contributed by atoms with Crippen molar-refractivity contribution in [3.8, 4) is 6.07 Å². The number of benzene rings is 1. The van der Waals surface area contributed by atoms with Crippen molar-refractivity contribution < 1.29 is 9.59 Å². The van der Waals surface area contributed by atoms with E-state index >= 15 is 0 Å². The normalized spacial score (nSPS) is 14.1. The van der Waals surface area contributed by atoms with E-state index in [4.69, 9.17) is 5.26 Å². The van der Waals surface area contributed by atoms with Gasteiger partial charge < -0.3 is 14.8 Å². The minimum absolute atomic E-state index is 0.0375. The summed E-state index contributed by atoms with van der Waals surface area (Å²) in [5.74, 6) is -0.645. The third-order valence-electron chi connectivity index (χ3n) is 4.83. The number of aryl methyl sites for hydroxylation is 1. The van der Waals surface area contributed by atoms with Crippen LogP contribution in [0.15, 0.2) is 41.3 Å². The van der Waals surface area contributed by atoms with E-state index in [-0.39, 0.29) is 17.2 Å². The van der Waals surface area contributed by atoms with Gasteiger partial charge in [-0.1, -0.05) is 18.9 Å². The van der Waals surface area contributed by atoms with Crippen molar-refractivity contribution in [2.75, 3.05) is 18.4 Å². The lowest BCUT2D eigenvalue weighted by molar-refractivity contribution is 0.0760. The molecule has 0 aliphatic carbocycles. The summed E-state index contributed by atoms with van der Waals surface area (Å²) >= 11 is 0. The van der Waals surface area contributed by atoms with Crippen LogP contribution < -0.4 is 10.9 Å². The lowest BCUT2D eigenvalue weighted by atomic mass is 10.1. The van der Waals surface area contributed by atoms with E-state index in [0.717, 1.165) is 25.7 Å². The molecular formula is C21H22N4O3. The second-order valence-electron chi connectivity index (χ2n) is 6.91. The van der Waals surface area contributed by atoms with Crippen molar-refractivity contribution in [2.24, 2.45) is 7.05 Å². The Balaban J connectivity index is 1.87. The number of rotatable bonds is 3. The van der Waals surface area contributed by atoms with Gasteiger partial charge in [-0.2, -0.15) is 5.26 Å². The fraction of sp³-hybridized carbons (Fsp3) is 0.333. The summed E-state index contributed by atoms with van der Waals surface area (Å²) in [5, 5.41) is 11.6. The number of nitrogens with one attached hydrogen (secondary N) is 1. The number of carbonyl (C=O) groups is 2. The Labute approximate surface area is 163 Å². The first-order valence-corrected chi connectivity index (χ1v) is 9.31. The molecule has 1 aliphatic heterocycles. The van der Waals surface area contributed by atoms with E-state index in [1.807, 2.05) is 6.07 Å². The Morgan fingerprint density at radius 3 is 2.46 bits per heavy atom. The van der Waals surface area contributed by atoms with Crippen molar-refractivity contribution in [1.29, 1.82) is 5.26 Å². The van der Waals surface area contributed by atoms with E-state index < -0.39 is 11.5 Å². The van der Waals surface area contributed by atoms with Gasteiger partial charge in [0.2, 0.25) is 0 Å². The van der Waals surface area contributed by atoms with Gasteiger partial charge in [0.25, 0.3) is 17.4 Å². The topological polar surface area (TPSA) is 95.2 Å². The Hall–Kier alpha value is -3.40. The molecular weight excluding hydrogens is 356 g/mol. The molecule has 7 nitrogen and oxygen atoms in total. The molecule has 1 fully saturated rings. The summed E-state index contributed by atoms with van der Waals surface area (Å²) in [5.41, 5.74) is 0.619. The second-order valence-corrected chi connectivity index (χ2v) is 6.91. The number of likely N-dealkylation sites (tertiary alicyclic amines) is 1. The fourth-order valence-corrected chi connectivity index (χ4v) is 3.30. The maximum atomic E-state index is 12.9. The van der Waals surface area contributed by atoms with Gasteiger partial charge in [-0.05, 0) is 37.1 Å². The highest BCUT2D eigenvalue weighted by atomic mass is 16.2. The first-order chi connectivity index (χ1) is 13.5. The molecule has 3 rings (SSSR count). The zero-order chi connectivity index (χ0) is 20.1. The summed E-state index contributed by atoms with van der Waals surface area (Å²) in [6.07, 6.45) is 5.66. The highest BCUT2D eigenvalue weighted by Gasteiger charge is 2.20. The molecule has 2 amide bonds. The maximum Gasteiger partial charge on any atom is 0.274 e. The summed E-state index contributed by atoms with van der Waals surface area (Å²) in [6, 6.07) is 9.62. The molecule has 0 bridgehead atoms. The Morgan fingerprint density at radius 2 is 1.79 bits per heavy atom. The number of hydrogen-bond acceptors (Lipinski definition) is 4. The summed E-state index contributed by atoms with van der Waals surface area (Å²) in [4.78, 5) is 39.6. The molecule has 144 valence electrons. The molecule has 28 heavy (non-hydrogen) atoms. The largest absolute Gasteiger partial charge is 0.339 e. The van der Waals surface area contributed by atoms with Crippen LogP contribution in [0.2, 0.25) is 0 Å². The second kappa shape index (κ2) is 8.53. The molecule has 0 radical (unpaired) electrons.